The molecule has 168 valence electrons. The van der Waals surface area contributed by atoms with Gasteiger partial charge in [0.05, 0.1) is 23.6 Å². The van der Waals surface area contributed by atoms with Crippen LogP contribution in [0.25, 0.3) is 0 Å². The summed E-state index contributed by atoms with van der Waals surface area (Å²) in [5, 5.41) is 7.21. The molecule has 1 N–H and O–H groups in total. The van der Waals surface area contributed by atoms with E-state index in [0.717, 1.165) is 23.3 Å². The molecule has 7 nitrogen and oxygen atoms in total. The molecule has 1 saturated heterocycles. The molecule has 3 aromatic rings. The number of rotatable bonds is 6. The minimum Gasteiger partial charge on any atom is -0.311 e. The molecule has 1 fully saturated rings. The predicted octanol–water partition coefficient (Wildman–Crippen LogP) is 3.42. The van der Waals surface area contributed by atoms with E-state index in [2.05, 4.69) is 16.5 Å². The Labute approximate surface area is 186 Å². The maximum atomic E-state index is 13.2. The van der Waals surface area contributed by atoms with Gasteiger partial charge in [-0.05, 0) is 49.6 Å². The summed E-state index contributed by atoms with van der Waals surface area (Å²) in [5.41, 5.74) is 2.21. The first-order valence-corrected chi connectivity index (χ1v) is 11.9. The van der Waals surface area contributed by atoms with E-state index >= 15 is 0 Å². The lowest BCUT2D eigenvalue weighted by Gasteiger charge is -2.31. The Bertz CT molecular complexity index is 1210. The number of sulfonamides is 1. The minimum absolute atomic E-state index is 0.0242. The molecule has 1 atom stereocenters. The first kappa shape index (κ1) is 22.2. The number of hydrogen-bond donors (Lipinski definition) is 1. The standard InChI is InChI=1S/C23H25FN4O3S/c1-17-4-2-5-18(14-17)15-28-22(11-12-25-28)26-23(29)19-6-3-13-27(16-19)32(30,31)21-9-7-20(24)8-10-21/h2,4-5,7-12,14,19H,3,6,13,15-16H2,1H3,(H,26,29)/t19-/m0/s1. The number of nitrogens with zero attached hydrogens (tertiary/aromatic N) is 3. The van der Waals surface area contributed by atoms with Crippen molar-refractivity contribution in [3.63, 3.8) is 0 Å². The summed E-state index contributed by atoms with van der Waals surface area (Å²) < 4.78 is 42.1. The van der Waals surface area contributed by atoms with Crippen LogP contribution in [0.1, 0.15) is 24.0 Å². The first-order chi connectivity index (χ1) is 15.3. The SMILES string of the molecule is Cc1cccc(Cn2nccc2NC(=O)[C@H]2CCCN(S(=O)(=O)c3ccc(F)cc3)C2)c1. The van der Waals surface area contributed by atoms with Crippen molar-refractivity contribution in [2.24, 2.45) is 5.92 Å². The predicted molar refractivity (Wildman–Crippen MR) is 119 cm³/mol. The van der Waals surface area contributed by atoms with Gasteiger partial charge in [0.15, 0.2) is 0 Å². The van der Waals surface area contributed by atoms with Crippen molar-refractivity contribution in [2.45, 2.75) is 31.2 Å². The van der Waals surface area contributed by atoms with E-state index in [4.69, 9.17) is 0 Å². The number of nitrogens with one attached hydrogen (secondary N) is 1. The molecule has 0 radical (unpaired) electrons. The van der Waals surface area contributed by atoms with Crippen molar-refractivity contribution in [1.82, 2.24) is 14.1 Å². The fourth-order valence-corrected chi connectivity index (χ4v) is 5.43. The van der Waals surface area contributed by atoms with Crippen molar-refractivity contribution in [3.05, 3.63) is 77.7 Å². The fourth-order valence-electron chi connectivity index (χ4n) is 3.91. The van der Waals surface area contributed by atoms with Gasteiger partial charge < -0.3 is 5.32 Å². The number of benzene rings is 2. The van der Waals surface area contributed by atoms with Crippen LogP contribution in [0, 0.1) is 18.7 Å². The van der Waals surface area contributed by atoms with E-state index in [-0.39, 0.29) is 17.3 Å². The lowest BCUT2D eigenvalue weighted by Crippen LogP contribution is -2.43. The largest absolute Gasteiger partial charge is 0.311 e. The van der Waals surface area contributed by atoms with Gasteiger partial charge in [0, 0.05) is 19.2 Å². The van der Waals surface area contributed by atoms with Crippen LogP contribution in [0.4, 0.5) is 10.2 Å². The third-order valence-electron chi connectivity index (χ3n) is 5.59. The molecular formula is C23H25FN4O3S. The Morgan fingerprint density at radius 1 is 1.19 bits per heavy atom. The number of aryl methyl sites for hydroxylation is 1. The normalized spacial score (nSPS) is 17.2. The maximum absolute atomic E-state index is 13.2. The van der Waals surface area contributed by atoms with Crippen LogP contribution in [-0.2, 0) is 21.4 Å². The number of halogens is 1. The second-order valence-electron chi connectivity index (χ2n) is 8.01. The van der Waals surface area contributed by atoms with Gasteiger partial charge in [-0.2, -0.15) is 9.40 Å². The topological polar surface area (TPSA) is 84.3 Å². The fraction of sp³-hybridized carbons (Fsp3) is 0.304. The average Bonchev–Trinajstić information content (AvgIpc) is 3.20. The molecule has 1 aliphatic heterocycles. The van der Waals surface area contributed by atoms with Crippen LogP contribution in [0.3, 0.4) is 0 Å². The molecule has 0 unspecified atom stereocenters. The van der Waals surface area contributed by atoms with E-state index in [9.17, 15) is 17.6 Å². The number of carbonyl (C=O) groups excluding carboxylic acids is 1. The molecule has 2 heterocycles. The van der Waals surface area contributed by atoms with Gasteiger partial charge in [-0.3, -0.25) is 4.79 Å². The molecule has 1 amide bonds. The summed E-state index contributed by atoms with van der Waals surface area (Å²) in [4.78, 5) is 13.0. The van der Waals surface area contributed by atoms with Crippen LogP contribution < -0.4 is 5.32 Å². The van der Waals surface area contributed by atoms with Crippen LogP contribution in [0.2, 0.25) is 0 Å². The summed E-state index contributed by atoms with van der Waals surface area (Å²) in [7, 11) is -3.79. The molecule has 1 aliphatic rings. The summed E-state index contributed by atoms with van der Waals surface area (Å²) >= 11 is 0. The third-order valence-corrected chi connectivity index (χ3v) is 7.47. The maximum Gasteiger partial charge on any atom is 0.243 e. The zero-order valence-electron chi connectivity index (χ0n) is 17.7. The second kappa shape index (κ2) is 9.22. The quantitative estimate of drug-likeness (QED) is 0.616. The highest BCUT2D eigenvalue weighted by molar-refractivity contribution is 7.89. The van der Waals surface area contributed by atoms with Gasteiger partial charge in [-0.25, -0.2) is 17.5 Å². The molecule has 9 heteroatoms. The smallest absolute Gasteiger partial charge is 0.243 e. The zero-order chi connectivity index (χ0) is 22.7. The van der Waals surface area contributed by atoms with Gasteiger partial charge in [0.2, 0.25) is 15.9 Å². The Kier molecular flexibility index (Phi) is 6.38. The van der Waals surface area contributed by atoms with Crippen LogP contribution >= 0.6 is 0 Å². The van der Waals surface area contributed by atoms with Crippen molar-refractivity contribution in [1.29, 1.82) is 0 Å². The molecular weight excluding hydrogens is 431 g/mol. The molecule has 4 rings (SSSR count). The van der Waals surface area contributed by atoms with E-state index in [0.29, 0.717) is 31.7 Å². The average molecular weight is 457 g/mol. The number of piperidine rings is 1. The number of hydrogen-bond acceptors (Lipinski definition) is 4. The highest BCUT2D eigenvalue weighted by Gasteiger charge is 2.33. The Balaban J connectivity index is 1.44. The molecule has 32 heavy (non-hydrogen) atoms. The first-order valence-electron chi connectivity index (χ1n) is 10.5. The van der Waals surface area contributed by atoms with Crippen LogP contribution in [0.5, 0.6) is 0 Å². The second-order valence-corrected chi connectivity index (χ2v) is 9.95. The number of anilines is 1. The Morgan fingerprint density at radius 2 is 1.97 bits per heavy atom. The number of amides is 1. The van der Waals surface area contributed by atoms with Crippen molar-refractivity contribution >= 4 is 21.7 Å². The van der Waals surface area contributed by atoms with Crippen LogP contribution in [0.15, 0.2) is 65.7 Å². The minimum atomic E-state index is -3.79. The van der Waals surface area contributed by atoms with E-state index in [1.807, 2.05) is 25.1 Å². The molecule has 2 aromatic carbocycles. The zero-order valence-corrected chi connectivity index (χ0v) is 18.6. The molecule has 0 saturated carbocycles. The number of aromatic nitrogens is 2. The lowest BCUT2D eigenvalue weighted by molar-refractivity contribution is -0.120. The molecule has 0 aliphatic carbocycles. The van der Waals surface area contributed by atoms with Crippen molar-refractivity contribution < 1.29 is 17.6 Å². The lowest BCUT2D eigenvalue weighted by atomic mass is 9.99. The molecule has 0 bridgehead atoms. The Morgan fingerprint density at radius 3 is 2.72 bits per heavy atom. The highest BCUT2D eigenvalue weighted by atomic mass is 32.2. The van der Waals surface area contributed by atoms with E-state index in [1.54, 1.807) is 16.9 Å². The molecule has 1 aromatic heterocycles. The van der Waals surface area contributed by atoms with Gasteiger partial charge in [-0.1, -0.05) is 29.8 Å². The van der Waals surface area contributed by atoms with Crippen LogP contribution in [-0.4, -0.2) is 41.5 Å². The van der Waals surface area contributed by atoms with Gasteiger partial charge in [0.1, 0.15) is 11.6 Å². The molecule has 0 spiro atoms. The van der Waals surface area contributed by atoms with Gasteiger partial charge >= 0.3 is 0 Å². The van der Waals surface area contributed by atoms with Crippen molar-refractivity contribution in [2.75, 3.05) is 18.4 Å². The van der Waals surface area contributed by atoms with E-state index in [1.165, 1.54) is 16.4 Å². The van der Waals surface area contributed by atoms with E-state index < -0.39 is 21.8 Å². The summed E-state index contributed by atoms with van der Waals surface area (Å²) in [6, 6.07) is 14.5. The Hall–Kier alpha value is -3.04. The number of carbonyl (C=O) groups is 1. The highest BCUT2D eigenvalue weighted by Crippen LogP contribution is 2.25. The van der Waals surface area contributed by atoms with Gasteiger partial charge in [-0.15, -0.1) is 0 Å². The van der Waals surface area contributed by atoms with Crippen molar-refractivity contribution in [3.8, 4) is 0 Å². The monoisotopic (exact) mass is 456 g/mol. The van der Waals surface area contributed by atoms with Gasteiger partial charge in [0.25, 0.3) is 0 Å². The summed E-state index contributed by atoms with van der Waals surface area (Å²) in [6.07, 6.45) is 2.78. The third kappa shape index (κ3) is 4.89. The summed E-state index contributed by atoms with van der Waals surface area (Å²) in [5.74, 6) is -0.659. The summed E-state index contributed by atoms with van der Waals surface area (Å²) in [6.45, 7) is 2.94.